The van der Waals surface area contributed by atoms with Crippen LogP contribution in [0.1, 0.15) is 40.5 Å². The largest absolute Gasteiger partial charge is 0.324 e. The minimum Gasteiger partial charge on any atom is -0.311 e. The van der Waals surface area contributed by atoms with Crippen LogP contribution in [-0.2, 0) is 4.84 Å². The molecule has 1 fully saturated rings. The van der Waals surface area contributed by atoms with Crippen LogP contribution in [0.3, 0.4) is 0 Å². The van der Waals surface area contributed by atoms with E-state index in [1.165, 1.54) is 0 Å². The summed E-state index contributed by atoms with van der Waals surface area (Å²) in [4.78, 5) is 23.4. The van der Waals surface area contributed by atoms with Gasteiger partial charge in [0.2, 0.25) is 0 Å². The van der Waals surface area contributed by atoms with Crippen molar-refractivity contribution in [2.24, 2.45) is 4.99 Å². The number of carbonyl (C=O) groups is 1. The summed E-state index contributed by atoms with van der Waals surface area (Å²) in [5.74, 6) is 0. The maximum Gasteiger partial charge on any atom is 0.324 e. The third-order valence-electron chi connectivity index (χ3n) is 3.41. The zero-order chi connectivity index (χ0) is 15.1. The molecule has 0 radical (unpaired) electrons. The number of nitrogens with one attached hydrogen (secondary N) is 1. The van der Waals surface area contributed by atoms with Gasteiger partial charge in [-0.1, -0.05) is 20.3 Å². The number of urea groups is 1. The van der Waals surface area contributed by atoms with Gasteiger partial charge < -0.3 is 5.32 Å². The van der Waals surface area contributed by atoms with Crippen molar-refractivity contribution in [2.45, 2.75) is 40.5 Å². The molecular formula is C14H26N4O2. The summed E-state index contributed by atoms with van der Waals surface area (Å²) in [5.41, 5.74) is 2.92. The molecule has 1 heterocycles. The molecule has 0 atom stereocenters. The fraction of sp³-hybridized carbons (Fsp3) is 0.714. The highest BCUT2D eigenvalue weighted by Crippen LogP contribution is 2.10. The maximum absolute atomic E-state index is 12.1. The van der Waals surface area contributed by atoms with Gasteiger partial charge in [0, 0.05) is 25.0 Å². The smallest absolute Gasteiger partial charge is 0.311 e. The van der Waals surface area contributed by atoms with Crippen molar-refractivity contribution in [1.29, 1.82) is 0 Å². The van der Waals surface area contributed by atoms with Crippen LogP contribution in [0.4, 0.5) is 4.79 Å². The molecule has 0 saturated carbocycles. The Balaban J connectivity index is 2.64. The van der Waals surface area contributed by atoms with Crippen LogP contribution in [0.2, 0.25) is 0 Å². The summed E-state index contributed by atoms with van der Waals surface area (Å²) in [5, 5.41) is 4.67. The first-order valence-electron chi connectivity index (χ1n) is 7.10. The van der Waals surface area contributed by atoms with E-state index in [4.69, 9.17) is 4.84 Å². The number of hydroxylamine groups is 2. The molecule has 20 heavy (non-hydrogen) atoms. The van der Waals surface area contributed by atoms with Gasteiger partial charge in [-0.2, -0.15) is 5.06 Å². The third kappa shape index (κ3) is 4.31. The van der Waals surface area contributed by atoms with Crippen LogP contribution in [-0.4, -0.2) is 48.7 Å². The van der Waals surface area contributed by atoms with Crippen molar-refractivity contribution in [3.8, 4) is 0 Å². The molecule has 1 aliphatic rings. The third-order valence-corrected chi connectivity index (χ3v) is 3.41. The second-order valence-electron chi connectivity index (χ2n) is 4.84. The number of allylic oxidation sites excluding steroid dienone is 2. The van der Waals surface area contributed by atoms with Crippen LogP contribution in [0, 0.1) is 0 Å². The lowest BCUT2D eigenvalue weighted by molar-refractivity contribution is -0.106. The average Bonchev–Trinajstić information content (AvgIpc) is 2.92. The highest BCUT2D eigenvalue weighted by molar-refractivity contribution is 6.00. The normalized spacial score (nSPS) is 18.2. The molecule has 114 valence electrons. The summed E-state index contributed by atoms with van der Waals surface area (Å²) in [6.07, 6.45) is 1.96. The topological polar surface area (TPSA) is 57.2 Å². The quantitative estimate of drug-likeness (QED) is 0.787. The van der Waals surface area contributed by atoms with E-state index < -0.39 is 0 Å². The molecule has 0 spiro atoms. The zero-order valence-corrected chi connectivity index (χ0v) is 13.2. The van der Waals surface area contributed by atoms with Gasteiger partial charge in [-0.3, -0.25) is 14.7 Å². The maximum atomic E-state index is 12.1. The lowest BCUT2D eigenvalue weighted by atomic mass is 10.1. The molecule has 1 N–H and O–H groups in total. The summed E-state index contributed by atoms with van der Waals surface area (Å²) >= 11 is 0. The van der Waals surface area contributed by atoms with E-state index >= 15 is 0 Å². The molecule has 6 heteroatoms. The molecule has 0 unspecified atom stereocenters. The molecule has 1 saturated heterocycles. The highest BCUT2D eigenvalue weighted by atomic mass is 16.7. The molecule has 0 bridgehead atoms. The summed E-state index contributed by atoms with van der Waals surface area (Å²) in [6, 6.07) is -0.134. The molecule has 0 aliphatic carbocycles. The Morgan fingerprint density at radius 2 is 2.05 bits per heavy atom. The molecule has 0 aromatic rings. The van der Waals surface area contributed by atoms with Crippen LogP contribution in [0.5, 0.6) is 0 Å². The van der Waals surface area contributed by atoms with Gasteiger partial charge in [-0.15, -0.1) is 0 Å². The molecule has 2 amide bonds. The molecule has 1 aliphatic heterocycles. The van der Waals surface area contributed by atoms with Crippen LogP contribution in [0.25, 0.3) is 0 Å². The standard InChI is InChI=1S/C14H26N4O2/c1-6-8-13(15-5)11(3)12(4)16-14(19)17-9-18(7-2)20-10-17/h6-10H2,1-5H3,(H,16,19)/b12-11+,15-13-. The summed E-state index contributed by atoms with van der Waals surface area (Å²) in [6.45, 7) is 9.57. The number of amides is 2. The van der Waals surface area contributed by atoms with Crippen molar-refractivity contribution in [3.63, 3.8) is 0 Å². The van der Waals surface area contributed by atoms with E-state index in [1.54, 1.807) is 17.0 Å². The predicted octanol–water partition coefficient (Wildman–Crippen LogP) is 2.34. The summed E-state index contributed by atoms with van der Waals surface area (Å²) < 4.78 is 0. The minimum atomic E-state index is -0.134. The van der Waals surface area contributed by atoms with E-state index in [9.17, 15) is 4.79 Å². The summed E-state index contributed by atoms with van der Waals surface area (Å²) in [7, 11) is 1.79. The average molecular weight is 282 g/mol. The first kappa shape index (κ1) is 16.7. The Labute approximate surface area is 121 Å². The lowest BCUT2D eigenvalue weighted by Crippen LogP contribution is -2.39. The first-order chi connectivity index (χ1) is 9.53. The lowest BCUT2D eigenvalue weighted by Gasteiger charge is -2.17. The SMILES string of the molecule is CCCC(=N/C)/C(C)=C(\C)NC(=O)N1CON(CC)C1. The number of rotatable bonds is 5. The number of carbonyl (C=O) groups excluding carboxylic acids is 1. The Kier molecular flexibility index (Phi) is 6.67. The van der Waals surface area contributed by atoms with Crippen molar-refractivity contribution in [2.75, 3.05) is 27.0 Å². The second kappa shape index (κ2) is 8.01. The van der Waals surface area contributed by atoms with E-state index in [0.717, 1.165) is 36.4 Å². The van der Waals surface area contributed by atoms with Gasteiger partial charge in [0.15, 0.2) is 0 Å². The number of hydrogen-bond acceptors (Lipinski definition) is 4. The predicted molar refractivity (Wildman–Crippen MR) is 80.2 cm³/mol. The van der Waals surface area contributed by atoms with Crippen molar-refractivity contribution < 1.29 is 9.63 Å². The van der Waals surface area contributed by atoms with E-state index in [-0.39, 0.29) is 6.03 Å². The number of aliphatic imine (C=N–C) groups is 1. The Morgan fingerprint density at radius 1 is 1.35 bits per heavy atom. The van der Waals surface area contributed by atoms with E-state index in [1.807, 2.05) is 20.8 Å². The zero-order valence-electron chi connectivity index (χ0n) is 13.2. The number of hydrogen-bond donors (Lipinski definition) is 1. The van der Waals surface area contributed by atoms with Gasteiger partial charge in [0.1, 0.15) is 13.4 Å². The van der Waals surface area contributed by atoms with Crippen molar-refractivity contribution in [3.05, 3.63) is 11.3 Å². The monoisotopic (exact) mass is 282 g/mol. The second-order valence-corrected chi connectivity index (χ2v) is 4.84. The molecular weight excluding hydrogens is 256 g/mol. The molecule has 0 aromatic heterocycles. The van der Waals surface area contributed by atoms with Gasteiger partial charge in [0.25, 0.3) is 0 Å². The van der Waals surface area contributed by atoms with Crippen molar-refractivity contribution >= 4 is 11.7 Å². The number of nitrogens with zero attached hydrogens (tertiary/aromatic N) is 3. The van der Waals surface area contributed by atoms with Crippen LogP contribution < -0.4 is 5.32 Å². The first-order valence-corrected chi connectivity index (χ1v) is 7.10. The fourth-order valence-corrected chi connectivity index (χ4v) is 1.99. The Bertz CT molecular complexity index is 404. The molecule has 1 rings (SSSR count). The van der Waals surface area contributed by atoms with Gasteiger partial charge in [0.05, 0.1) is 0 Å². The van der Waals surface area contributed by atoms with Crippen molar-refractivity contribution in [1.82, 2.24) is 15.3 Å². The highest BCUT2D eigenvalue weighted by Gasteiger charge is 2.24. The van der Waals surface area contributed by atoms with E-state index in [2.05, 4.69) is 17.2 Å². The minimum absolute atomic E-state index is 0.134. The molecule has 6 nitrogen and oxygen atoms in total. The van der Waals surface area contributed by atoms with Gasteiger partial charge in [-0.05, 0) is 25.8 Å². The Morgan fingerprint density at radius 3 is 2.55 bits per heavy atom. The van der Waals surface area contributed by atoms with Gasteiger partial charge >= 0.3 is 6.03 Å². The van der Waals surface area contributed by atoms with Crippen LogP contribution >= 0.6 is 0 Å². The van der Waals surface area contributed by atoms with Gasteiger partial charge in [-0.25, -0.2) is 4.79 Å². The molecule has 0 aromatic carbocycles. The Hall–Kier alpha value is -1.40. The fourth-order valence-electron chi connectivity index (χ4n) is 1.99. The van der Waals surface area contributed by atoms with E-state index in [0.29, 0.717) is 13.4 Å². The van der Waals surface area contributed by atoms with Crippen LogP contribution in [0.15, 0.2) is 16.3 Å².